The maximum Gasteiger partial charge on any atom is 0.119 e. The van der Waals surface area contributed by atoms with Crippen LogP contribution in [0, 0.1) is 0 Å². The highest BCUT2D eigenvalue weighted by atomic mass is 16.5. The van der Waals surface area contributed by atoms with E-state index in [0.29, 0.717) is 0 Å². The van der Waals surface area contributed by atoms with Crippen LogP contribution in [0.2, 0.25) is 0 Å². The van der Waals surface area contributed by atoms with Gasteiger partial charge in [0, 0.05) is 19.8 Å². The summed E-state index contributed by atoms with van der Waals surface area (Å²) in [7, 11) is 1.72. The number of nitrogens with two attached hydrogens (primary N) is 1. The van der Waals surface area contributed by atoms with Crippen LogP contribution >= 0.6 is 0 Å². The summed E-state index contributed by atoms with van der Waals surface area (Å²) in [5.74, 6) is 0.904. The number of ether oxygens (including phenoxy) is 2. The third-order valence-electron chi connectivity index (χ3n) is 2.42. The minimum atomic E-state index is 0.0794. The van der Waals surface area contributed by atoms with Gasteiger partial charge < -0.3 is 15.2 Å². The minimum Gasteiger partial charge on any atom is -0.494 e. The van der Waals surface area contributed by atoms with E-state index in [2.05, 4.69) is 0 Å². The number of hydrogen-bond acceptors (Lipinski definition) is 3. The fraction of sp³-hybridized carbons (Fsp3) is 0.538. The summed E-state index contributed by atoms with van der Waals surface area (Å²) < 4.78 is 10.6. The molecule has 90 valence electrons. The van der Waals surface area contributed by atoms with Crippen molar-refractivity contribution in [2.45, 2.75) is 25.8 Å². The first-order chi connectivity index (χ1) is 7.74. The molecule has 1 rings (SSSR count). The molecule has 1 aromatic carbocycles. The van der Waals surface area contributed by atoms with Gasteiger partial charge in [-0.1, -0.05) is 12.1 Å². The molecule has 0 saturated heterocycles. The third-order valence-corrected chi connectivity index (χ3v) is 2.42. The summed E-state index contributed by atoms with van der Waals surface area (Å²) in [5.41, 5.74) is 6.90. The molecule has 0 spiro atoms. The predicted molar refractivity (Wildman–Crippen MR) is 65.6 cm³/mol. The average molecular weight is 223 g/mol. The molecular weight excluding hydrogens is 202 g/mol. The molecule has 0 saturated carbocycles. The number of benzene rings is 1. The maximum atomic E-state index is 5.76. The van der Waals surface area contributed by atoms with Crippen LogP contribution in [0.25, 0.3) is 0 Å². The first-order valence-corrected chi connectivity index (χ1v) is 5.71. The first-order valence-electron chi connectivity index (χ1n) is 5.71. The number of unbranched alkanes of at least 4 members (excludes halogenated alkanes) is 1. The van der Waals surface area contributed by atoms with Crippen molar-refractivity contribution >= 4 is 0 Å². The van der Waals surface area contributed by atoms with Crippen LogP contribution < -0.4 is 10.5 Å². The summed E-state index contributed by atoms with van der Waals surface area (Å²) in [5, 5.41) is 0. The van der Waals surface area contributed by atoms with E-state index >= 15 is 0 Å². The molecule has 0 amide bonds. The van der Waals surface area contributed by atoms with Gasteiger partial charge in [-0.2, -0.15) is 0 Å². The smallest absolute Gasteiger partial charge is 0.119 e. The fourth-order valence-corrected chi connectivity index (χ4v) is 1.41. The van der Waals surface area contributed by atoms with Crippen molar-refractivity contribution in [3.8, 4) is 5.75 Å². The largest absolute Gasteiger partial charge is 0.494 e. The van der Waals surface area contributed by atoms with Crippen LogP contribution in [-0.2, 0) is 4.74 Å². The lowest BCUT2D eigenvalue weighted by Crippen LogP contribution is -2.04. The quantitative estimate of drug-likeness (QED) is 0.722. The predicted octanol–water partition coefficient (Wildman–Crippen LogP) is 2.51. The molecule has 0 aliphatic heterocycles. The Labute approximate surface area is 97.6 Å². The van der Waals surface area contributed by atoms with Crippen LogP contribution in [0.5, 0.6) is 5.75 Å². The standard InChI is InChI=1S/C13H21NO2/c1-11(14)12-5-7-13(8-6-12)16-10-4-3-9-15-2/h5-8,11H,3-4,9-10,14H2,1-2H3/t11-/m1/s1. The SMILES string of the molecule is COCCCCOc1ccc([C@@H](C)N)cc1. The van der Waals surface area contributed by atoms with Gasteiger partial charge in [0.05, 0.1) is 6.61 Å². The Balaban J connectivity index is 2.27. The van der Waals surface area contributed by atoms with Crippen molar-refractivity contribution in [2.75, 3.05) is 20.3 Å². The van der Waals surface area contributed by atoms with Crippen molar-refractivity contribution < 1.29 is 9.47 Å². The Morgan fingerprint density at radius 2 is 1.75 bits per heavy atom. The normalized spacial score (nSPS) is 12.4. The summed E-state index contributed by atoms with van der Waals surface area (Å²) in [6, 6.07) is 8.03. The summed E-state index contributed by atoms with van der Waals surface area (Å²) in [6.45, 7) is 3.51. The second kappa shape index (κ2) is 7.25. The van der Waals surface area contributed by atoms with E-state index in [0.717, 1.165) is 37.4 Å². The molecule has 0 aliphatic rings. The Kier molecular flexibility index (Phi) is 5.90. The van der Waals surface area contributed by atoms with Crippen molar-refractivity contribution in [3.05, 3.63) is 29.8 Å². The lowest BCUT2D eigenvalue weighted by atomic mass is 10.1. The lowest BCUT2D eigenvalue weighted by Gasteiger charge is -2.08. The van der Waals surface area contributed by atoms with E-state index < -0.39 is 0 Å². The van der Waals surface area contributed by atoms with Crippen LogP contribution in [0.1, 0.15) is 31.4 Å². The van der Waals surface area contributed by atoms with Crippen molar-refractivity contribution in [1.82, 2.24) is 0 Å². The van der Waals surface area contributed by atoms with Gasteiger partial charge >= 0.3 is 0 Å². The van der Waals surface area contributed by atoms with Crippen molar-refractivity contribution in [3.63, 3.8) is 0 Å². The highest BCUT2D eigenvalue weighted by molar-refractivity contribution is 5.28. The van der Waals surface area contributed by atoms with E-state index in [1.807, 2.05) is 31.2 Å². The van der Waals surface area contributed by atoms with E-state index in [9.17, 15) is 0 Å². The third kappa shape index (κ3) is 4.64. The monoisotopic (exact) mass is 223 g/mol. The van der Waals surface area contributed by atoms with Gasteiger partial charge in [-0.15, -0.1) is 0 Å². The van der Waals surface area contributed by atoms with Gasteiger partial charge in [-0.3, -0.25) is 0 Å². The molecule has 0 unspecified atom stereocenters. The molecule has 0 heterocycles. The number of methoxy groups -OCH3 is 1. The molecule has 0 aromatic heterocycles. The van der Waals surface area contributed by atoms with Crippen molar-refractivity contribution in [1.29, 1.82) is 0 Å². The second-order valence-electron chi connectivity index (χ2n) is 3.91. The van der Waals surface area contributed by atoms with Crippen molar-refractivity contribution in [2.24, 2.45) is 5.73 Å². The molecule has 0 fully saturated rings. The molecule has 0 radical (unpaired) electrons. The number of hydrogen-bond donors (Lipinski definition) is 1. The Hall–Kier alpha value is -1.06. The maximum absolute atomic E-state index is 5.76. The van der Waals surface area contributed by atoms with Gasteiger partial charge in [0.1, 0.15) is 5.75 Å². The Morgan fingerprint density at radius 1 is 1.12 bits per heavy atom. The molecule has 1 aromatic rings. The van der Waals surface area contributed by atoms with Crippen LogP contribution in [-0.4, -0.2) is 20.3 Å². The summed E-state index contributed by atoms with van der Waals surface area (Å²) in [6.07, 6.45) is 2.05. The molecule has 3 nitrogen and oxygen atoms in total. The molecule has 16 heavy (non-hydrogen) atoms. The zero-order valence-corrected chi connectivity index (χ0v) is 10.1. The van der Waals surface area contributed by atoms with E-state index in [-0.39, 0.29) is 6.04 Å². The molecule has 0 aliphatic carbocycles. The molecular formula is C13H21NO2. The zero-order chi connectivity index (χ0) is 11.8. The Morgan fingerprint density at radius 3 is 2.31 bits per heavy atom. The minimum absolute atomic E-state index is 0.0794. The van der Waals surface area contributed by atoms with Crippen LogP contribution in [0.15, 0.2) is 24.3 Å². The Bertz CT molecular complexity index is 282. The lowest BCUT2D eigenvalue weighted by molar-refractivity contribution is 0.184. The van der Waals surface area contributed by atoms with E-state index in [4.69, 9.17) is 15.2 Å². The van der Waals surface area contributed by atoms with Crippen LogP contribution in [0.4, 0.5) is 0 Å². The zero-order valence-electron chi connectivity index (χ0n) is 10.1. The average Bonchev–Trinajstić information content (AvgIpc) is 2.29. The number of rotatable bonds is 7. The van der Waals surface area contributed by atoms with E-state index in [1.54, 1.807) is 7.11 Å². The van der Waals surface area contributed by atoms with Crippen LogP contribution in [0.3, 0.4) is 0 Å². The van der Waals surface area contributed by atoms with Gasteiger partial charge in [-0.05, 0) is 37.5 Å². The highest BCUT2D eigenvalue weighted by Crippen LogP contribution is 2.16. The van der Waals surface area contributed by atoms with Gasteiger partial charge in [0.25, 0.3) is 0 Å². The highest BCUT2D eigenvalue weighted by Gasteiger charge is 1.99. The van der Waals surface area contributed by atoms with E-state index in [1.165, 1.54) is 0 Å². The second-order valence-corrected chi connectivity index (χ2v) is 3.91. The molecule has 2 N–H and O–H groups in total. The molecule has 3 heteroatoms. The molecule has 1 atom stereocenters. The fourth-order valence-electron chi connectivity index (χ4n) is 1.41. The van der Waals surface area contributed by atoms with Gasteiger partial charge in [-0.25, -0.2) is 0 Å². The first kappa shape index (κ1) is 13.0. The van der Waals surface area contributed by atoms with Gasteiger partial charge in [0.2, 0.25) is 0 Å². The van der Waals surface area contributed by atoms with Gasteiger partial charge in [0.15, 0.2) is 0 Å². The molecule has 0 bridgehead atoms. The topological polar surface area (TPSA) is 44.5 Å². The summed E-state index contributed by atoms with van der Waals surface area (Å²) in [4.78, 5) is 0. The summed E-state index contributed by atoms with van der Waals surface area (Å²) >= 11 is 0.